The molecule has 0 radical (unpaired) electrons. The van der Waals surface area contributed by atoms with Gasteiger partial charge in [0.2, 0.25) is 0 Å². The minimum absolute atomic E-state index is 0.0959. The molecule has 1 amide bonds. The number of carbonyl (C=O) groups is 1. The van der Waals surface area contributed by atoms with E-state index >= 15 is 0 Å². The van der Waals surface area contributed by atoms with Crippen LogP contribution in [0.2, 0.25) is 0 Å². The molecule has 0 aliphatic rings. The van der Waals surface area contributed by atoms with Crippen LogP contribution in [0.4, 0.5) is 5.69 Å². The second-order valence-electron chi connectivity index (χ2n) is 4.57. The number of anilines is 1. The summed E-state index contributed by atoms with van der Waals surface area (Å²) in [6, 6.07) is 9.95. The van der Waals surface area contributed by atoms with Gasteiger partial charge in [0.15, 0.2) is 0 Å². The van der Waals surface area contributed by atoms with Crippen molar-refractivity contribution in [2.75, 3.05) is 12.3 Å². The molecule has 0 fully saturated rings. The van der Waals surface area contributed by atoms with Crippen LogP contribution in [0.5, 0.6) is 0 Å². The highest BCUT2D eigenvalue weighted by Gasteiger charge is 2.16. The summed E-state index contributed by atoms with van der Waals surface area (Å²) in [5, 5.41) is 5.92. The van der Waals surface area contributed by atoms with Crippen LogP contribution in [0.1, 0.15) is 14.5 Å². The first-order chi connectivity index (χ1) is 10.1. The molecule has 6 heteroatoms. The van der Waals surface area contributed by atoms with Crippen LogP contribution in [0.15, 0.2) is 40.2 Å². The summed E-state index contributed by atoms with van der Waals surface area (Å²) in [6.07, 6.45) is 0.847. The first-order valence-electron chi connectivity index (χ1n) is 6.43. The maximum absolute atomic E-state index is 12.3. The smallest absolute Gasteiger partial charge is 0.263 e. The maximum atomic E-state index is 12.3. The molecule has 2 aromatic heterocycles. The van der Waals surface area contributed by atoms with Gasteiger partial charge in [-0.25, -0.2) is 0 Å². The van der Waals surface area contributed by atoms with E-state index in [4.69, 9.17) is 5.73 Å². The van der Waals surface area contributed by atoms with Crippen molar-refractivity contribution in [3.05, 3.63) is 49.9 Å². The van der Waals surface area contributed by atoms with Crippen LogP contribution < -0.4 is 11.1 Å². The molecule has 3 nitrogen and oxygen atoms in total. The third-order valence-corrected chi connectivity index (χ3v) is 5.73. The van der Waals surface area contributed by atoms with Gasteiger partial charge in [-0.15, -0.1) is 22.7 Å². The van der Waals surface area contributed by atoms with Gasteiger partial charge in [-0.1, -0.05) is 28.1 Å². The summed E-state index contributed by atoms with van der Waals surface area (Å²) in [6.45, 7) is 0.622. The van der Waals surface area contributed by atoms with Crippen LogP contribution in [-0.4, -0.2) is 12.5 Å². The number of fused-ring (bicyclic) bond motifs is 1. The zero-order chi connectivity index (χ0) is 14.8. The number of thiophene rings is 2. The summed E-state index contributed by atoms with van der Waals surface area (Å²) < 4.78 is 2.01. The molecule has 3 N–H and O–H groups in total. The Labute approximate surface area is 138 Å². The lowest BCUT2D eigenvalue weighted by Crippen LogP contribution is -2.25. The topological polar surface area (TPSA) is 55.1 Å². The molecule has 0 aliphatic carbocycles. The molecule has 0 atom stereocenters. The van der Waals surface area contributed by atoms with E-state index in [-0.39, 0.29) is 5.91 Å². The largest absolute Gasteiger partial charge is 0.397 e. The number of hydrogen-bond acceptors (Lipinski definition) is 4. The van der Waals surface area contributed by atoms with E-state index < -0.39 is 0 Å². The first kappa shape index (κ1) is 14.6. The minimum Gasteiger partial charge on any atom is -0.397 e. The summed E-state index contributed by atoms with van der Waals surface area (Å²) in [7, 11) is 0. The zero-order valence-electron chi connectivity index (χ0n) is 11.1. The van der Waals surface area contributed by atoms with Crippen molar-refractivity contribution in [2.45, 2.75) is 6.42 Å². The van der Waals surface area contributed by atoms with E-state index in [0.29, 0.717) is 17.1 Å². The molecule has 0 aliphatic heterocycles. The fourth-order valence-corrected chi connectivity index (χ4v) is 4.39. The van der Waals surface area contributed by atoms with Gasteiger partial charge in [0.05, 0.1) is 5.69 Å². The molecule has 2 heterocycles. The normalized spacial score (nSPS) is 10.9. The summed E-state index contributed by atoms with van der Waals surface area (Å²) in [4.78, 5) is 14.1. The maximum Gasteiger partial charge on any atom is 0.263 e. The molecule has 0 saturated heterocycles. The monoisotopic (exact) mass is 380 g/mol. The van der Waals surface area contributed by atoms with Crippen LogP contribution in [0.3, 0.4) is 0 Å². The van der Waals surface area contributed by atoms with Gasteiger partial charge in [-0.2, -0.15) is 0 Å². The van der Waals surface area contributed by atoms with Crippen molar-refractivity contribution in [2.24, 2.45) is 0 Å². The predicted molar refractivity (Wildman–Crippen MR) is 94.3 cm³/mol. The predicted octanol–water partition coefficient (Wildman–Crippen LogP) is 4.28. The molecule has 108 valence electrons. The van der Waals surface area contributed by atoms with Crippen molar-refractivity contribution in [1.29, 1.82) is 0 Å². The highest BCUT2D eigenvalue weighted by molar-refractivity contribution is 9.10. The van der Waals surface area contributed by atoms with Crippen molar-refractivity contribution in [3.63, 3.8) is 0 Å². The van der Waals surface area contributed by atoms with E-state index in [1.807, 2.05) is 29.6 Å². The van der Waals surface area contributed by atoms with Crippen molar-refractivity contribution < 1.29 is 4.79 Å². The standard InChI is InChI=1S/C15H13BrN2OS2/c16-9-3-4-11-12(8-9)21-14(13(11)17)15(19)18-6-5-10-2-1-7-20-10/h1-4,7-8H,5-6,17H2,(H,18,19). The van der Waals surface area contributed by atoms with E-state index in [0.717, 1.165) is 21.0 Å². The summed E-state index contributed by atoms with van der Waals surface area (Å²) >= 11 is 6.56. The lowest BCUT2D eigenvalue weighted by atomic mass is 10.2. The van der Waals surface area contributed by atoms with Gasteiger partial charge in [0.25, 0.3) is 5.91 Å². The lowest BCUT2D eigenvalue weighted by molar-refractivity contribution is 0.0959. The quantitative estimate of drug-likeness (QED) is 0.709. The van der Waals surface area contributed by atoms with Gasteiger partial charge >= 0.3 is 0 Å². The van der Waals surface area contributed by atoms with Gasteiger partial charge in [-0.05, 0) is 30.0 Å². The lowest BCUT2D eigenvalue weighted by Gasteiger charge is -2.03. The fourth-order valence-electron chi connectivity index (χ4n) is 2.09. The van der Waals surface area contributed by atoms with E-state index in [1.54, 1.807) is 11.3 Å². The van der Waals surface area contributed by atoms with Gasteiger partial charge in [-0.3, -0.25) is 4.79 Å². The molecule has 0 bridgehead atoms. The fraction of sp³-hybridized carbons (Fsp3) is 0.133. The number of nitrogens with one attached hydrogen (secondary N) is 1. The van der Waals surface area contributed by atoms with Crippen LogP contribution in [0.25, 0.3) is 10.1 Å². The van der Waals surface area contributed by atoms with Crippen molar-refractivity contribution in [3.8, 4) is 0 Å². The minimum atomic E-state index is -0.0959. The average molecular weight is 381 g/mol. The molecular formula is C15H13BrN2OS2. The van der Waals surface area contributed by atoms with E-state index in [1.165, 1.54) is 16.2 Å². The molecule has 1 aromatic carbocycles. The molecule has 21 heavy (non-hydrogen) atoms. The number of nitrogens with two attached hydrogens (primary N) is 1. The number of carbonyl (C=O) groups excluding carboxylic acids is 1. The van der Waals surface area contributed by atoms with Gasteiger partial charge < -0.3 is 11.1 Å². The average Bonchev–Trinajstić information content (AvgIpc) is 3.07. The SMILES string of the molecule is Nc1c(C(=O)NCCc2cccs2)sc2cc(Br)ccc12. The number of hydrogen-bond donors (Lipinski definition) is 2. The molecule has 0 saturated carbocycles. The first-order valence-corrected chi connectivity index (χ1v) is 8.92. The Morgan fingerprint density at radius 1 is 1.33 bits per heavy atom. The summed E-state index contributed by atoms with van der Waals surface area (Å²) in [5.74, 6) is -0.0959. The third kappa shape index (κ3) is 3.12. The Morgan fingerprint density at radius 3 is 2.95 bits per heavy atom. The zero-order valence-corrected chi connectivity index (χ0v) is 14.3. The molecule has 3 aromatic rings. The Kier molecular flexibility index (Phi) is 4.28. The molecule has 3 rings (SSSR count). The Balaban J connectivity index is 1.73. The van der Waals surface area contributed by atoms with Crippen molar-refractivity contribution >= 4 is 60.3 Å². The number of benzene rings is 1. The third-order valence-electron chi connectivity index (χ3n) is 3.13. The number of nitrogen functional groups attached to an aromatic ring is 1. The molecule has 0 unspecified atom stereocenters. The molecular weight excluding hydrogens is 368 g/mol. The number of halogens is 1. The Hall–Kier alpha value is -1.37. The van der Waals surface area contributed by atoms with E-state index in [2.05, 4.69) is 27.3 Å². The highest BCUT2D eigenvalue weighted by atomic mass is 79.9. The summed E-state index contributed by atoms with van der Waals surface area (Å²) in [5.41, 5.74) is 6.66. The van der Waals surface area contributed by atoms with Crippen molar-refractivity contribution in [1.82, 2.24) is 5.32 Å². The second kappa shape index (κ2) is 6.17. The van der Waals surface area contributed by atoms with Crippen LogP contribution in [0, 0.1) is 0 Å². The number of amides is 1. The number of rotatable bonds is 4. The molecule has 0 spiro atoms. The second-order valence-corrected chi connectivity index (χ2v) is 7.57. The van der Waals surface area contributed by atoms with E-state index in [9.17, 15) is 4.79 Å². The van der Waals surface area contributed by atoms with Gasteiger partial charge in [0.1, 0.15) is 4.88 Å². The van der Waals surface area contributed by atoms with Gasteiger partial charge in [0, 0.05) is 26.0 Å². The van der Waals surface area contributed by atoms with Crippen LogP contribution in [-0.2, 0) is 6.42 Å². The van der Waals surface area contributed by atoms with Crippen LogP contribution >= 0.6 is 38.6 Å². The Bertz CT molecular complexity index is 780. The highest BCUT2D eigenvalue weighted by Crippen LogP contribution is 2.35. The Morgan fingerprint density at radius 2 is 2.19 bits per heavy atom.